The summed E-state index contributed by atoms with van der Waals surface area (Å²) in [6, 6.07) is 18.3. The molecule has 3 heteroatoms. The second-order valence-corrected chi connectivity index (χ2v) is 4.12. The van der Waals surface area contributed by atoms with Gasteiger partial charge in [-0.2, -0.15) is 0 Å². The molecule has 0 spiro atoms. The molecule has 0 amide bonds. The van der Waals surface area contributed by atoms with Crippen LogP contribution in [-0.2, 0) is 20.7 Å². The molecule has 3 nitrogen and oxygen atoms in total. The average molecular weight is 253 g/mol. The van der Waals surface area contributed by atoms with Crippen molar-refractivity contribution in [3.8, 4) is 0 Å². The van der Waals surface area contributed by atoms with Crippen LogP contribution in [0.3, 0.4) is 0 Å². The summed E-state index contributed by atoms with van der Waals surface area (Å²) in [4.78, 5) is 22.6. The minimum absolute atomic E-state index is 0.166. The zero-order valence-electron chi connectivity index (χ0n) is 10.3. The lowest BCUT2D eigenvalue weighted by Crippen LogP contribution is -2.17. The number of Topliss-reactive ketones (excluding diaryl/α,β-unsaturated/α-hetero) is 1. The standard InChI is InChI=1S/C16H13O3/c17-12-19-16(14-9-5-2-6-10-14)15(18)11-13-7-3-1-4-8-13/h1-10,16H,11H2. The van der Waals surface area contributed by atoms with Crippen molar-refractivity contribution in [3.05, 3.63) is 71.8 Å². The van der Waals surface area contributed by atoms with Crippen LogP contribution in [0.1, 0.15) is 17.2 Å². The first kappa shape index (κ1) is 13.0. The van der Waals surface area contributed by atoms with E-state index in [-0.39, 0.29) is 12.2 Å². The van der Waals surface area contributed by atoms with E-state index in [4.69, 9.17) is 4.74 Å². The Labute approximate surface area is 111 Å². The number of rotatable bonds is 6. The van der Waals surface area contributed by atoms with Crippen LogP contribution in [0, 0.1) is 0 Å². The molecule has 0 aliphatic heterocycles. The Morgan fingerprint density at radius 1 is 1.00 bits per heavy atom. The van der Waals surface area contributed by atoms with Crippen LogP contribution >= 0.6 is 0 Å². The van der Waals surface area contributed by atoms with E-state index in [1.165, 1.54) is 6.47 Å². The normalized spacial score (nSPS) is 11.6. The maximum Gasteiger partial charge on any atom is 0.418 e. The summed E-state index contributed by atoms with van der Waals surface area (Å²) in [6.07, 6.45) is -0.666. The Hall–Kier alpha value is -2.42. The molecule has 0 heterocycles. The molecule has 0 aliphatic carbocycles. The first-order valence-electron chi connectivity index (χ1n) is 5.95. The molecule has 2 aromatic carbocycles. The number of ether oxygens (including phenoxy) is 1. The summed E-state index contributed by atoms with van der Waals surface area (Å²) in [7, 11) is 0. The van der Waals surface area contributed by atoms with E-state index in [0.29, 0.717) is 5.56 Å². The Bertz CT molecular complexity index is 534. The molecular formula is C16H13O3. The zero-order chi connectivity index (χ0) is 13.5. The smallest absolute Gasteiger partial charge is 0.418 e. The largest absolute Gasteiger partial charge is 0.441 e. The highest BCUT2D eigenvalue weighted by molar-refractivity contribution is 5.87. The van der Waals surface area contributed by atoms with Gasteiger partial charge < -0.3 is 4.74 Å². The van der Waals surface area contributed by atoms with Crippen LogP contribution in [0.15, 0.2) is 60.7 Å². The van der Waals surface area contributed by atoms with Crippen molar-refractivity contribution in [2.24, 2.45) is 0 Å². The van der Waals surface area contributed by atoms with Gasteiger partial charge in [-0.05, 0) is 5.56 Å². The van der Waals surface area contributed by atoms with Crippen LogP contribution in [-0.4, -0.2) is 12.3 Å². The number of benzene rings is 2. The van der Waals surface area contributed by atoms with Crippen molar-refractivity contribution >= 4 is 12.3 Å². The third-order valence-electron chi connectivity index (χ3n) is 2.78. The van der Waals surface area contributed by atoms with Crippen LogP contribution in [0.5, 0.6) is 0 Å². The van der Waals surface area contributed by atoms with E-state index in [2.05, 4.69) is 0 Å². The second kappa shape index (κ2) is 6.50. The number of ketones is 1. The minimum atomic E-state index is -0.890. The molecule has 95 valence electrons. The highest BCUT2D eigenvalue weighted by atomic mass is 16.5. The SMILES string of the molecule is O=[C]OC(C(=O)Cc1ccccc1)c1ccccc1. The average Bonchev–Trinajstić information content (AvgIpc) is 2.46. The van der Waals surface area contributed by atoms with Gasteiger partial charge in [0.15, 0.2) is 11.9 Å². The monoisotopic (exact) mass is 253 g/mol. The van der Waals surface area contributed by atoms with Crippen molar-refractivity contribution < 1.29 is 14.3 Å². The first-order chi connectivity index (χ1) is 9.31. The Kier molecular flexibility index (Phi) is 4.45. The summed E-state index contributed by atoms with van der Waals surface area (Å²) in [5.74, 6) is -0.166. The van der Waals surface area contributed by atoms with Gasteiger partial charge in [-0.25, -0.2) is 4.79 Å². The summed E-state index contributed by atoms with van der Waals surface area (Å²) >= 11 is 0. The molecule has 2 rings (SSSR count). The molecule has 0 aliphatic rings. The lowest BCUT2D eigenvalue weighted by Gasteiger charge is -2.13. The highest BCUT2D eigenvalue weighted by Gasteiger charge is 2.22. The van der Waals surface area contributed by atoms with Crippen molar-refractivity contribution in [1.82, 2.24) is 0 Å². The Morgan fingerprint density at radius 2 is 1.58 bits per heavy atom. The molecule has 1 unspecified atom stereocenters. The topological polar surface area (TPSA) is 43.4 Å². The number of hydrogen-bond donors (Lipinski definition) is 0. The van der Waals surface area contributed by atoms with Gasteiger partial charge in [0.25, 0.3) is 0 Å². The van der Waals surface area contributed by atoms with E-state index in [9.17, 15) is 9.59 Å². The number of hydrogen-bond acceptors (Lipinski definition) is 3. The quantitative estimate of drug-likeness (QED) is 0.794. The third-order valence-corrected chi connectivity index (χ3v) is 2.78. The lowest BCUT2D eigenvalue weighted by molar-refractivity contribution is -0.126. The van der Waals surface area contributed by atoms with Gasteiger partial charge in [-0.3, -0.25) is 4.79 Å². The molecule has 19 heavy (non-hydrogen) atoms. The molecule has 0 N–H and O–H groups in total. The van der Waals surface area contributed by atoms with Gasteiger partial charge in [-0.15, -0.1) is 0 Å². The van der Waals surface area contributed by atoms with Crippen LogP contribution in [0.2, 0.25) is 0 Å². The maximum absolute atomic E-state index is 12.2. The summed E-state index contributed by atoms with van der Waals surface area (Å²) in [5, 5.41) is 0. The lowest BCUT2D eigenvalue weighted by atomic mass is 10.00. The van der Waals surface area contributed by atoms with Gasteiger partial charge in [-0.1, -0.05) is 60.7 Å². The van der Waals surface area contributed by atoms with Crippen LogP contribution in [0.25, 0.3) is 0 Å². The second-order valence-electron chi connectivity index (χ2n) is 4.12. The molecule has 0 aromatic heterocycles. The van der Waals surface area contributed by atoms with Crippen molar-refractivity contribution in [2.75, 3.05) is 0 Å². The fraction of sp³-hybridized carbons (Fsp3) is 0.125. The molecule has 2 aromatic rings. The molecule has 0 bridgehead atoms. The summed E-state index contributed by atoms with van der Waals surface area (Å²) in [6.45, 7) is 1.36. The van der Waals surface area contributed by atoms with Gasteiger partial charge in [0.1, 0.15) is 0 Å². The van der Waals surface area contributed by atoms with Crippen LogP contribution < -0.4 is 0 Å². The molecular weight excluding hydrogens is 240 g/mol. The summed E-state index contributed by atoms with van der Waals surface area (Å²) in [5.41, 5.74) is 1.55. The predicted molar refractivity (Wildman–Crippen MR) is 71.1 cm³/mol. The highest BCUT2D eigenvalue weighted by Crippen LogP contribution is 2.19. The fourth-order valence-corrected chi connectivity index (χ4v) is 1.89. The fourth-order valence-electron chi connectivity index (χ4n) is 1.89. The van der Waals surface area contributed by atoms with Gasteiger partial charge in [0.05, 0.1) is 0 Å². The van der Waals surface area contributed by atoms with E-state index in [1.807, 2.05) is 36.4 Å². The van der Waals surface area contributed by atoms with E-state index >= 15 is 0 Å². The van der Waals surface area contributed by atoms with Crippen molar-refractivity contribution in [2.45, 2.75) is 12.5 Å². The van der Waals surface area contributed by atoms with E-state index in [0.717, 1.165) is 5.56 Å². The van der Waals surface area contributed by atoms with Gasteiger partial charge in [0, 0.05) is 12.0 Å². The molecule has 1 atom stereocenters. The Balaban J connectivity index is 2.15. The molecule has 0 saturated heterocycles. The van der Waals surface area contributed by atoms with Gasteiger partial charge >= 0.3 is 6.47 Å². The van der Waals surface area contributed by atoms with E-state index < -0.39 is 6.10 Å². The molecule has 1 radical (unpaired) electrons. The van der Waals surface area contributed by atoms with Gasteiger partial charge in [0.2, 0.25) is 0 Å². The van der Waals surface area contributed by atoms with Crippen LogP contribution in [0.4, 0.5) is 0 Å². The third kappa shape index (κ3) is 3.52. The number of carbonyl (C=O) groups excluding carboxylic acids is 2. The molecule has 0 fully saturated rings. The van der Waals surface area contributed by atoms with Crippen molar-refractivity contribution in [1.29, 1.82) is 0 Å². The predicted octanol–water partition coefficient (Wildman–Crippen LogP) is 2.62. The maximum atomic E-state index is 12.2. The zero-order valence-corrected chi connectivity index (χ0v) is 10.3. The van der Waals surface area contributed by atoms with E-state index in [1.54, 1.807) is 24.3 Å². The van der Waals surface area contributed by atoms with Crippen molar-refractivity contribution in [3.63, 3.8) is 0 Å². The summed E-state index contributed by atoms with van der Waals surface area (Å²) < 4.78 is 4.81. The number of carbonyl (C=O) groups is 1. The first-order valence-corrected chi connectivity index (χ1v) is 5.95. The molecule has 0 saturated carbocycles. The Morgan fingerprint density at radius 3 is 2.16 bits per heavy atom. The minimum Gasteiger partial charge on any atom is -0.441 e.